The number of benzene rings is 1. The number of para-hydroxylation sites is 1. The van der Waals surface area contributed by atoms with Crippen molar-refractivity contribution in [1.29, 1.82) is 0 Å². The summed E-state index contributed by atoms with van der Waals surface area (Å²) in [4.78, 5) is 15.0. The lowest BCUT2D eigenvalue weighted by Gasteiger charge is -2.12. The molecule has 0 saturated carbocycles. The first-order valence-electron chi connectivity index (χ1n) is 5.94. The van der Waals surface area contributed by atoms with Gasteiger partial charge in [0, 0.05) is 23.0 Å². The van der Waals surface area contributed by atoms with Crippen molar-refractivity contribution in [3.63, 3.8) is 0 Å². The third kappa shape index (κ3) is 2.39. The number of H-pyrrole nitrogens is 1. The largest absolute Gasteiger partial charge is 0.361 e. The Labute approximate surface area is 101 Å². The SMILES string of the molecule is CC(C)C(=O)C(N)Cc1c[nH]c2ccccc12. The maximum atomic E-state index is 11.8. The molecule has 3 nitrogen and oxygen atoms in total. The second-order valence-electron chi connectivity index (χ2n) is 4.73. The zero-order valence-corrected chi connectivity index (χ0v) is 10.2. The normalized spacial score (nSPS) is 13.2. The van der Waals surface area contributed by atoms with Gasteiger partial charge in [0.25, 0.3) is 0 Å². The third-order valence-corrected chi connectivity index (χ3v) is 3.05. The van der Waals surface area contributed by atoms with E-state index in [0.717, 1.165) is 16.5 Å². The van der Waals surface area contributed by atoms with Gasteiger partial charge in [-0.1, -0.05) is 32.0 Å². The summed E-state index contributed by atoms with van der Waals surface area (Å²) in [6.45, 7) is 3.77. The highest BCUT2D eigenvalue weighted by molar-refractivity contribution is 5.88. The smallest absolute Gasteiger partial charge is 0.152 e. The zero-order chi connectivity index (χ0) is 12.4. The molecule has 0 aliphatic carbocycles. The number of aromatic nitrogens is 1. The van der Waals surface area contributed by atoms with Gasteiger partial charge in [-0.3, -0.25) is 4.79 Å². The number of Topliss-reactive ketones (excluding diaryl/α,β-unsaturated/α-hetero) is 1. The number of hydrogen-bond donors (Lipinski definition) is 2. The molecule has 0 aliphatic heterocycles. The lowest BCUT2D eigenvalue weighted by Crippen LogP contribution is -2.35. The van der Waals surface area contributed by atoms with Crippen LogP contribution in [0.5, 0.6) is 0 Å². The summed E-state index contributed by atoms with van der Waals surface area (Å²) in [5, 5.41) is 1.15. The molecule has 1 atom stereocenters. The van der Waals surface area contributed by atoms with E-state index < -0.39 is 6.04 Å². The van der Waals surface area contributed by atoms with Gasteiger partial charge in [0.05, 0.1) is 6.04 Å². The van der Waals surface area contributed by atoms with E-state index in [-0.39, 0.29) is 11.7 Å². The van der Waals surface area contributed by atoms with Crippen LogP contribution in [0.1, 0.15) is 19.4 Å². The van der Waals surface area contributed by atoms with Crippen molar-refractivity contribution >= 4 is 16.7 Å². The second kappa shape index (κ2) is 4.72. The van der Waals surface area contributed by atoms with Gasteiger partial charge in [-0.15, -0.1) is 0 Å². The molecule has 0 bridgehead atoms. The monoisotopic (exact) mass is 230 g/mol. The molecule has 3 N–H and O–H groups in total. The van der Waals surface area contributed by atoms with Gasteiger partial charge in [0.2, 0.25) is 0 Å². The second-order valence-corrected chi connectivity index (χ2v) is 4.73. The highest BCUT2D eigenvalue weighted by Gasteiger charge is 2.18. The van der Waals surface area contributed by atoms with Gasteiger partial charge in [0.15, 0.2) is 5.78 Å². The quantitative estimate of drug-likeness (QED) is 0.846. The van der Waals surface area contributed by atoms with Crippen LogP contribution in [0.2, 0.25) is 0 Å². The molecule has 0 amide bonds. The molecule has 2 aromatic rings. The van der Waals surface area contributed by atoms with Crippen LogP contribution in [0.25, 0.3) is 10.9 Å². The summed E-state index contributed by atoms with van der Waals surface area (Å²) >= 11 is 0. The molecule has 1 aromatic heterocycles. The highest BCUT2D eigenvalue weighted by Crippen LogP contribution is 2.19. The van der Waals surface area contributed by atoms with E-state index in [0.29, 0.717) is 6.42 Å². The minimum Gasteiger partial charge on any atom is -0.361 e. The summed E-state index contributed by atoms with van der Waals surface area (Å²) in [6.07, 6.45) is 2.54. The number of nitrogens with two attached hydrogens (primary N) is 1. The Balaban J connectivity index is 2.21. The summed E-state index contributed by atoms with van der Waals surface area (Å²) in [5.41, 5.74) is 8.14. The first-order chi connectivity index (χ1) is 8.09. The fraction of sp³-hybridized carbons (Fsp3) is 0.357. The molecule has 0 radical (unpaired) electrons. The van der Waals surface area contributed by atoms with E-state index >= 15 is 0 Å². The topological polar surface area (TPSA) is 58.9 Å². The molecule has 0 spiro atoms. The van der Waals surface area contributed by atoms with Gasteiger partial charge in [0.1, 0.15) is 0 Å². The van der Waals surface area contributed by atoms with Crippen LogP contribution in [0, 0.1) is 5.92 Å². The van der Waals surface area contributed by atoms with Crippen molar-refractivity contribution in [1.82, 2.24) is 4.98 Å². The van der Waals surface area contributed by atoms with Crippen LogP contribution in [-0.2, 0) is 11.2 Å². The fourth-order valence-corrected chi connectivity index (χ4v) is 2.07. The minimum absolute atomic E-state index is 0.00444. The number of nitrogens with one attached hydrogen (secondary N) is 1. The average Bonchev–Trinajstić information content (AvgIpc) is 2.71. The lowest BCUT2D eigenvalue weighted by atomic mass is 9.96. The fourth-order valence-electron chi connectivity index (χ4n) is 2.07. The first kappa shape index (κ1) is 11.9. The molecule has 90 valence electrons. The van der Waals surface area contributed by atoms with E-state index in [2.05, 4.69) is 4.98 Å². The van der Waals surface area contributed by atoms with Crippen molar-refractivity contribution in [3.05, 3.63) is 36.0 Å². The van der Waals surface area contributed by atoms with Crippen molar-refractivity contribution in [2.24, 2.45) is 11.7 Å². The summed E-state index contributed by atoms with van der Waals surface area (Å²) in [7, 11) is 0. The number of hydrogen-bond acceptors (Lipinski definition) is 2. The first-order valence-corrected chi connectivity index (χ1v) is 5.94. The molecule has 1 unspecified atom stereocenters. The Morgan fingerprint density at radius 2 is 2.06 bits per heavy atom. The van der Waals surface area contributed by atoms with Crippen molar-refractivity contribution in [2.75, 3.05) is 0 Å². The predicted octanol–water partition coefficient (Wildman–Crippen LogP) is 2.26. The standard InChI is InChI=1S/C14H18N2O/c1-9(2)14(17)12(15)7-10-8-16-13-6-4-3-5-11(10)13/h3-6,8-9,12,16H,7,15H2,1-2H3. The number of carbonyl (C=O) groups excluding carboxylic acids is 1. The van der Waals surface area contributed by atoms with Gasteiger partial charge < -0.3 is 10.7 Å². The van der Waals surface area contributed by atoms with E-state index in [1.165, 1.54) is 0 Å². The van der Waals surface area contributed by atoms with Crippen LogP contribution in [0.15, 0.2) is 30.5 Å². The molecular formula is C14H18N2O. The number of ketones is 1. The molecule has 0 fully saturated rings. The van der Waals surface area contributed by atoms with E-state index in [1.807, 2.05) is 44.3 Å². The minimum atomic E-state index is -0.408. The summed E-state index contributed by atoms with van der Waals surface area (Å²) in [5.74, 6) is 0.116. The Hall–Kier alpha value is -1.61. The third-order valence-electron chi connectivity index (χ3n) is 3.05. The zero-order valence-electron chi connectivity index (χ0n) is 10.2. The molecule has 1 aromatic carbocycles. The molecule has 17 heavy (non-hydrogen) atoms. The van der Waals surface area contributed by atoms with Crippen molar-refractivity contribution < 1.29 is 4.79 Å². The number of rotatable bonds is 4. The molecular weight excluding hydrogens is 212 g/mol. The summed E-state index contributed by atoms with van der Waals surface area (Å²) < 4.78 is 0. The predicted molar refractivity (Wildman–Crippen MR) is 69.8 cm³/mol. The Kier molecular flexibility index (Phi) is 3.29. The van der Waals surface area contributed by atoms with Crippen molar-refractivity contribution in [3.8, 4) is 0 Å². The number of fused-ring (bicyclic) bond motifs is 1. The van der Waals surface area contributed by atoms with Crippen molar-refractivity contribution in [2.45, 2.75) is 26.3 Å². The Bertz CT molecular complexity index is 528. The Morgan fingerprint density at radius 1 is 1.35 bits per heavy atom. The van der Waals surface area contributed by atoms with E-state index in [4.69, 9.17) is 5.73 Å². The lowest BCUT2D eigenvalue weighted by molar-refractivity contribution is -0.123. The average molecular weight is 230 g/mol. The van der Waals surface area contributed by atoms with Crippen LogP contribution >= 0.6 is 0 Å². The van der Waals surface area contributed by atoms with Gasteiger partial charge in [-0.05, 0) is 18.1 Å². The highest BCUT2D eigenvalue weighted by atomic mass is 16.1. The van der Waals surface area contributed by atoms with Gasteiger partial charge in [-0.2, -0.15) is 0 Å². The maximum Gasteiger partial charge on any atom is 0.152 e. The molecule has 3 heteroatoms. The van der Waals surface area contributed by atoms with Crippen LogP contribution in [0.4, 0.5) is 0 Å². The summed E-state index contributed by atoms with van der Waals surface area (Å²) in [6, 6.07) is 7.65. The van der Waals surface area contributed by atoms with Gasteiger partial charge >= 0.3 is 0 Å². The molecule has 1 heterocycles. The van der Waals surface area contributed by atoms with E-state index in [9.17, 15) is 4.79 Å². The van der Waals surface area contributed by atoms with Crippen LogP contribution in [0.3, 0.4) is 0 Å². The maximum absolute atomic E-state index is 11.8. The molecule has 0 saturated heterocycles. The number of carbonyl (C=O) groups is 1. The Morgan fingerprint density at radius 3 is 2.76 bits per heavy atom. The molecule has 2 rings (SSSR count). The van der Waals surface area contributed by atoms with Crippen LogP contribution < -0.4 is 5.73 Å². The molecule has 0 aliphatic rings. The van der Waals surface area contributed by atoms with Crippen LogP contribution in [-0.4, -0.2) is 16.8 Å². The van der Waals surface area contributed by atoms with Gasteiger partial charge in [-0.25, -0.2) is 0 Å². The number of aromatic amines is 1. The van der Waals surface area contributed by atoms with E-state index in [1.54, 1.807) is 0 Å².